The Hall–Kier alpha value is -1.13. The maximum absolute atomic E-state index is 13.6. The van der Waals surface area contributed by atoms with Gasteiger partial charge >= 0.3 is 0 Å². The highest BCUT2D eigenvalue weighted by Gasteiger charge is 2.40. The third-order valence-corrected chi connectivity index (χ3v) is 3.95. The lowest BCUT2D eigenvalue weighted by molar-refractivity contribution is -0.124. The molecular weight excluding hydrogens is 255 g/mol. The number of nitrogens with one attached hydrogen (secondary N) is 1. The highest BCUT2D eigenvalue weighted by Crippen LogP contribution is 2.39. The normalized spacial score (nSPS) is 17.7. The number of nitrogens with two attached hydrogens (primary N) is 1. The molecule has 1 aromatic rings. The minimum Gasteiger partial charge on any atom is -0.329 e. The lowest BCUT2D eigenvalue weighted by Crippen LogP contribution is -2.40. The average molecular weight is 271 g/mol. The number of benzene rings is 1. The number of carbonyl (C=O) groups is 1. The van der Waals surface area contributed by atoms with Gasteiger partial charge in [0.1, 0.15) is 5.82 Å². The monoisotopic (exact) mass is 270 g/mol. The van der Waals surface area contributed by atoms with Crippen molar-refractivity contribution >= 4 is 23.2 Å². The Morgan fingerprint density at radius 1 is 1.44 bits per heavy atom. The number of hydrogen-bond acceptors (Lipinski definition) is 2. The molecule has 0 spiro atoms. The van der Waals surface area contributed by atoms with Crippen molar-refractivity contribution in [3.8, 4) is 0 Å². The average Bonchev–Trinajstić information content (AvgIpc) is 2.84. The molecule has 0 unspecified atom stereocenters. The first-order valence-corrected chi connectivity index (χ1v) is 6.42. The molecule has 0 saturated heterocycles. The van der Waals surface area contributed by atoms with Crippen molar-refractivity contribution in [1.29, 1.82) is 0 Å². The number of amides is 1. The first kappa shape index (κ1) is 13.3. The topological polar surface area (TPSA) is 55.1 Å². The third-order valence-electron chi connectivity index (χ3n) is 3.63. The molecule has 3 N–H and O–H groups in total. The van der Waals surface area contributed by atoms with E-state index < -0.39 is 11.2 Å². The zero-order chi connectivity index (χ0) is 13.2. The summed E-state index contributed by atoms with van der Waals surface area (Å²) in [6.45, 7) is 0.283. The summed E-state index contributed by atoms with van der Waals surface area (Å²) in [5.41, 5.74) is 5.19. The number of anilines is 1. The molecule has 18 heavy (non-hydrogen) atoms. The van der Waals surface area contributed by atoms with Crippen LogP contribution in [0.25, 0.3) is 0 Å². The van der Waals surface area contributed by atoms with Gasteiger partial charge in [-0.25, -0.2) is 4.39 Å². The molecule has 0 bridgehead atoms. The van der Waals surface area contributed by atoms with Crippen molar-refractivity contribution in [2.75, 3.05) is 11.9 Å². The Balaban J connectivity index is 2.21. The van der Waals surface area contributed by atoms with Crippen molar-refractivity contribution in [2.24, 2.45) is 11.1 Å². The van der Waals surface area contributed by atoms with Crippen LogP contribution in [-0.2, 0) is 4.79 Å². The molecule has 2 rings (SSSR count). The second kappa shape index (κ2) is 5.24. The van der Waals surface area contributed by atoms with Gasteiger partial charge in [-0.3, -0.25) is 4.79 Å². The van der Waals surface area contributed by atoms with Crippen LogP contribution in [0.5, 0.6) is 0 Å². The molecule has 1 saturated carbocycles. The molecule has 1 fully saturated rings. The van der Waals surface area contributed by atoms with Gasteiger partial charge in [0.05, 0.1) is 16.1 Å². The minimum absolute atomic E-state index is 0.0453. The molecule has 1 aliphatic rings. The number of hydrogen-bond donors (Lipinski definition) is 2. The molecule has 98 valence electrons. The van der Waals surface area contributed by atoms with E-state index in [1.807, 2.05) is 0 Å². The van der Waals surface area contributed by atoms with Gasteiger partial charge < -0.3 is 11.1 Å². The van der Waals surface area contributed by atoms with E-state index in [4.69, 9.17) is 17.3 Å². The minimum atomic E-state index is -0.564. The summed E-state index contributed by atoms with van der Waals surface area (Å²) in [7, 11) is 0. The molecule has 0 aromatic heterocycles. The SMILES string of the molecule is NCC1(C(=O)Nc2c(F)cccc2Cl)CCCC1. The van der Waals surface area contributed by atoms with Gasteiger partial charge in [0, 0.05) is 6.54 Å². The molecule has 0 heterocycles. The Labute approximate surface area is 111 Å². The molecule has 0 aliphatic heterocycles. The van der Waals surface area contributed by atoms with Crippen molar-refractivity contribution < 1.29 is 9.18 Å². The second-order valence-electron chi connectivity index (χ2n) is 4.74. The lowest BCUT2D eigenvalue weighted by atomic mass is 9.85. The van der Waals surface area contributed by atoms with Crippen molar-refractivity contribution in [1.82, 2.24) is 0 Å². The smallest absolute Gasteiger partial charge is 0.231 e. The van der Waals surface area contributed by atoms with E-state index in [0.717, 1.165) is 25.7 Å². The summed E-state index contributed by atoms with van der Waals surface area (Å²) in [4.78, 5) is 12.3. The maximum atomic E-state index is 13.6. The van der Waals surface area contributed by atoms with E-state index in [0.29, 0.717) is 0 Å². The fourth-order valence-corrected chi connectivity index (χ4v) is 2.65. The highest BCUT2D eigenvalue weighted by molar-refractivity contribution is 6.33. The largest absolute Gasteiger partial charge is 0.329 e. The summed E-state index contributed by atoms with van der Waals surface area (Å²) < 4.78 is 13.6. The van der Waals surface area contributed by atoms with Crippen LogP contribution < -0.4 is 11.1 Å². The van der Waals surface area contributed by atoms with Crippen molar-refractivity contribution in [3.05, 3.63) is 29.0 Å². The zero-order valence-corrected chi connectivity index (χ0v) is 10.8. The van der Waals surface area contributed by atoms with E-state index in [1.54, 1.807) is 6.07 Å². The fourth-order valence-electron chi connectivity index (χ4n) is 2.44. The number of para-hydroxylation sites is 1. The maximum Gasteiger partial charge on any atom is 0.231 e. The van der Waals surface area contributed by atoms with Gasteiger partial charge in [0.15, 0.2) is 0 Å². The molecule has 0 atom stereocenters. The zero-order valence-electron chi connectivity index (χ0n) is 10.0. The van der Waals surface area contributed by atoms with Gasteiger partial charge in [-0.1, -0.05) is 30.5 Å². The molecule has 1 aromatic carbocycles. The van der Waals surface area contributed by atoms with Crippen LogP contribution in [-0.4, -0.2) is 12.5 Å². The predicted molar refractivity (Wildman–Crippen MR) is 70.0 cm³/mol. The van der Waals surface area contributed by atoms with Crippen LogP contribution in [0.15, 0.2) is 18.2 Å². The van der Waals surface area contributed by atoms with Crippen molar-refractivity contribution in [2.45, 2.75) is 25.7 Å². The first-order valence-electron chi connectivity index (χ1n) is 6.05. The van der Waals surface area contributed by atoms with Gasteiger partial charge in [-0.2, -0.15) is 0 Å². The van der Waals surface area contributed by atoms with E-state index in [1.165, 1.54) is 12.1 Å². The van der Waals surface area contributed by atoms with Crippen LogP contribution >= 0.6 is 11.6 Å². The van der Waals surface area contributed by atoms with E-state index in [-0.39, 0.29) is 23.2 Å². The highest BCUT2D eigenvalue weighted by atomic mass is 35.5. The molecule has 0 radical (unpaired) electrons. The lowest BCUT2D eigenvalue weighted by Gasteiger charge is -2.26. The number of rotatable bonds is 3. The van der Waals surface area contributed by atoms with Crippen LogP contribution in [0, 0.1) is 11.2 Å². The van der Waals surface area contributed by atoms with Gasteiger partial charge in [0.25, 0.3) is 0 Å². The van der Waals surface area contributed by atoms with Crippen LogP contribution in [0.2, 0.25) is 5.02 Å². The van der Waals surface area contributed by atoms with Gasteiger partial charge in [0.2, 0.25) is 5.91 Å². The molecule has 3 nitrogen and oxygen atoms in total. The molecule has 1 amide bonds. The van der Waals surface area contributed by atoms with E-state index in [2.05, 4.69) is 5.32 Å². The van der Waals surface area contributed by atoms with E-state index in [9.17, 15) is 9.18 Å². The van der Waals surface area contributed by atoms with E-state index >= 15 is 0 Å². The number of carbonyl (C=O) groups excluding carboxylic acids is 1. The Kier molecular flexibility index (Phi) is 3.88. The Morgan fingerprint density at radius 3 is 2.67 bits per heavy atom. The second-order valence-corrected chi connectivity index (χ2v) is 5.15. The molecular formula is C13H16ClFN2O. The Bertz CT molecular complexity index is 438. The first-order chi connectivity index (χ1) is 8.59. The summed E-state index contributed by atoms with van der Waals surface area (Å²) >= 11 is 5.88. The standard InChI is InChI=1S/C13H16ClFN2O/c14-9-4-3-5-10(15)11(9)17-12(18)13(8-16)6-1-2-7-13/h3-5H,1-2,6-8,16H2,(H,17,18). The van der Waals surface area contributed by atoms with Crippen LogP contribution in [0.4, 0.5) is 10.1 Å². The Morgan fingerprint density at radius 2 is 2.11 bits per heavy atom. The predicted octanol–water partition coefficient (Wildman–Crippen LogP) is 2.94. The number of halogens is 2. The quantitative estimate of drug-likeness (QED) is 0.887. The third kappa shape index (κ3) is 2.35. The van der Waals surface area contributed by atoms with Crippen LogP contribution in [0.1, 0.15) is 25.7 Å². The summed E-state index contributed by atoms with van der Waals surface area (Å²) in [5, 5.41) is 2.79. The van der Waals surface area contributed by atoms with Crippen molar-refractivity contribution in [3.63, 3.8) is 0 Å². The van der Waals surface area contributed by atoms with Gasteiger partial charge in [-0.15, -0.1) is 0 Å². The van der Waals surface area contributed by atoms with Crippen LogP contribution in [0.3, 0.4) is 0 Å². The summed E-state index contributed by atoms with van der Waals surface area (Å²) in [6.07, 6.45) is 3.47. The molecule has 1 aliphatic carbocycles. The summed E-state index contributed by atoms with van der Waals surface area (Å²) in [5.74, 6) is -0.754. The summed E-state index contributed by atoms with van der Waals surface area (Å²) in [6, 6.07) is 4.32. The van der Waals surface area contributed by atoms with Gasteiger partial charge in [-0.05, 0) is 25.0 Å². The molecule has 5 heteroatoms. The fraction of sp³-hybridized carbons (Fsp3) is 0.462.